The van der Waals surface area contributed by atoms with Gasteiger partial charge in [-0.3, -0.25) is 0 Å². The van der Waals surface area contributed by atoms with Crippen LogP contribution in [0.15, 0.2) is 22.7 Å². The fourth-order valence-corrected chi connectivity index (χ4v) is 1.85. The third kappa shape index (κ3) is 1.64. The summed E-state index contributed by atoms with van der Waals surface area (Å²) in [5, 5.41) is 10.3. The molecule has 2 heterocycles. The highest BCUT2D eigenvalue weighted by Crippen LogP contribution is 2.28. The van der Waals surface area contributed by atoms with Crippen LogP contribution in [0, 0.1) is 6.92 Å². The lowest BCUT2D eigenvalue weighted by molar-refractivity contribution is 0.191. The lowest BCUT2D eigenvalue weighted by atomic mass is 10.2. The molecule has 2 rings (SSSR count). The molecule has 0 aliphatic heterocycles. The number of nitrogens with zero attached hydrogens (tertiary/aromatic N) is 1. The van der Waals surface area contributed by atoms with Gasteiger partial charge in [-0.05, 0) is 19.1 Å². The van der Waals surface area contributed by atoms with E-state index in [2.05, 4.69) is 4.98 Å². The molecule has 0 saturated heterocycles. The van der Waals surface area contributed by atoms with E-state index in [4.69, 9.17) is 10.2 Å². The Labute approximate surface area is 85.0 Å². The van der Waals surface area contributed by atoms with Gasteiger partial charge in [-0.25, -0.2) is 4.98 Å². The van der Waals surface area contributed by atoms with E-state index in [1.165, 1.54) is 11.3 Å². The predicted octanol–water partition coefficient (Wildman–Crippen LogP) is 1.71. The molecule has 1 unspecified atom stereocenters. The Hall–Kier alpha value is -1.33. The van der Waals surface area contributed by atoms with Gasteiger partial charge in [-0.2, -0.15) is 0 Å². The Bertz CT molecular complexity index is 395. The van der Waals surface area contributed by atoms with Crippen molar-refractivity contribution in [3.63, 3.8) is 0 Å². The van der Waals surface area contributed by atoms with Crippen LogP contribution in [-0.4, -0.2) is 10.1 Å². The molecule has 2 aromatic heterocycles. The molecule has 0 radical (unpaired) electrons. The van der Waals surface area contributed by atoms with Crippen LogP contribution in [0.2, 0.25) is 0 Å². The smallest absolute Gasteiger partial charge is 0.180 e. The summed E-state index contributed by atoms with van der Waals surface area (Å²) in [6.45, 7) is 1.83. The molecule has 0 bridgehead atoms. The molecule has 0 aliphatic carbocycles. The number of aryl methyl sites for hydroxylation is 1. The highest BCUT2D eigenvalue weighted by molar-refractivity contribution is 7.15. The van der Waals surface area contributed by atoms with E-state index in [1.807, 2.05) is 13.0 Å². The van der Waals surface area contributed by atoms with Gasteiger partial charge >= 0.3 is 0 Å². The lowest BCUT2D eigenvalue weighted by Crippen LogP contribution is -1.94. The van der Waals surface area contributed by atoms with Crippen molar-refractivity contribution in [3.05, 3.63) is 34.7 Å². The van der Waals surface area contributed by atoms with Gasteiger partial charge in [0.25, 0.3) is 0 Å². The molecule has 0 spiro atoms. The van der Waals surface area contributed by atoms with E-state index in [0.717, 1.165) is 5.76 Å². The van der Waals surface area contributed by atoms with Crippen LogP contribution in [-0.2, 0) is 0 Å². The van der Waals surface area contributed by atoms with Crippen molar-refractivity contribution in [2.24, 2.45) is 0 Å². The molecule has 14 heavy (non-hydrogen) atoms. The van der Waals surface area contributed by atoms with E-state index in [1.54, 1.807) is 12.3 Å². The number of nitrogen functional groups attached to an aromatic ring is 1. The van der Waals surface area contributed by atoms with Crippen LogP contribution in [0.1, 0.15) is 22.5 Å². The number of anilines is 1. The van der Waals surface area contributed by atoms with E-state index in [9.17, 15) is 5.11 Å². The van der Waals surface area contributed by atoms with E-state index < -0.39 is 6.10 Å². The lowest BCUT2D eigenvalue weighted by Gasteiger charge is -2.02. The molecule has 0 aromatic carbocycles. The maximum atomic E-state index is 9.84. The third-order valence-electron chi connectivity index (χ3n) is 1.84. The molecule has 74 valence electrons. The largest absolute Gasteiger partial charge is 0.463 e. The van der Waals surface area contributed by atoms with Gasteiger partial charge in [0.05, 0.1) is 4.88 Å². The molecule has 0 amide bonds. The second kappa shape index (κ2) is 3.43. The third-order valence-corrected chi connectivity index (χ3v) is 2.72. The molecule has 1 atom stereocenters. The average molecular weight is 210 g/mol. The number of nitrogens with two attached hydrogens (primary N) is 1. The Morgan fingerprint density at radius 3 is 2.86 bits per heavy atom. The summed E-state index contributed by atoms with van der Waals surface area (Å²) in [5.74, 6) is 1.29. The fourth-order valence-electron chi connectivity index (χ4n) is 1.17. The monoisotopic (exact) mass is 210 g/mol. The molecule has 2 aromatic rings. The van der Waals surface area contributed by atoms with Gasteiger partial charge in [0.1, 0.15) is 17.6 Å². The topological polar surface area (TPSA) is 72.3 Å². The quantitative estimate of drug-likeness (QED) is 0.791. The highest BCUT2D eigenvalue weighted by Gasteiger charge is 2.16. The van der Waals surface area contributed by atoms with Crippen LogP contribution >= 0.6 is 11.3 Å². The number of hydrogen-bond donors (Lipinski definition) is 2. The summed E-state index contributed by atoms with van der Waals surface area (Å²) in [6.07, 6.45) is 0.793. The minimum Gasteiger partial charge on any atom is -0.463 e. The number of aliphatic hydroxyl groups is 1. The summed E-state index contributed by atoms with van der Waals surface area (Å²) in [5.41, 5.74) is 5.47. The minimum absolute atomic E-state index is 0.447. The maximum Gasteiger partial charge on any atom is 0.180 e. The second-order valence-corrected chi connectivity index (χ2v) is 4.05. The van der Waals surface area contributed by atoms with Crippen LogP contribution in [0.5, 0.6) is 0 Å². The van der Waals surface area contributed by atoms with Crippen molar-refractivity contribution in [2.75, 3.05) is 5.73 Å². The van der Waals surface area contributed by atoms with Crippen molar-refractivity contribution in [1.82, 2.24) is 4.98 Å². The predicted molar refractivity (Wildman–Crippen MR) is 54.0 cm³/mol. The second-order valence-electron chi connectivity index (χ2n) is 2.95. The van der Waals surface area contributed by atoms with E-state index in [0.29, 0.717) is 15.8 Å². The van der Waals surface area contributed by atoms with Crippen molar-refractivity contribution >= 4 is 16.5 Å². The zero-order valence-corrected chi connectivity index (χ0v) is 8.41. The number of thiazole rings is 1. The molecule has 5 heteroatoms. The van der Waals surface area contributed by atoms with Crippen molar-refractivity contribution < 1.29 is 9.52 Å². The Balaban J connectivity index is 2.28. The summed E-state index contributed by atoms with van der Waals surface area (Å²) in [7, 11) is 0. The maximum absolute atomic E-state index is 9.84. The first kappa shape index (κ1) is 9.23. The van der Waals surface area contributed by atoms with Crippen LogP contribution in [0.3, 0.4) is 0 Å². The minimum atomic E-state index is -0.765. The molecule has 0 saturated carbocycles. The summed E-state index contributed by atoms with van der Waals surface area (Å²) < 4.78 is 5.30. The first-order valence-electron chi connectivity index (χ1n) is 4.12. The average Bonchev–Trinajstić information content (AvgIpc) is 2.73. The van der Waals surface area contributed by atoms with Gasteiger partial charge in [-0.1, -0.05) is 11.3 Å². The Morgan fingerprint density at radius 2 is 2.36 bits per heavy atom. The van der Waals surface area contributed by atoms with Gasteiger partial charge < -0.3 is 15.3 Å². The summed E-state index contributed by atoms with van der Waals surface area (Å²) in [4.78, 5) is 4.56. The fraction of sp³-hybridized carbons (Fsp3) is 0.222. The van der Waals surface area contributed by atoms with E-state index in [-0.39, 0.29) is 0 Å². The summed E-state index contributed by atoms with van der Waals surface area (Å²) in [6, 6.07) is 3.55. The summed E-state index contributed by atoms with van der Waals surface area (Å²) >= 11 is 1.26. The van der Waals surface area contributed by atoms with Crippen molar-refractivity contribution in [2.45, 2.75) is 13.0 Å². The zero-order chi connectivity index (χ0) is 10.1. The Kier molecular flexibility index (Phi) is 2.26. The molecule has 0 fully saturated rings. The number of aromatic nitrogens is 1. The van der Waals surface area contributed by atoms with Crippen LogP contribution < -0.4 is 5.73 Å². The van der Waals surface area contributed by atoms with E-state index >= 15 is 0 Å². The normalized spacial score (nSPS) is 13.0. The zero-order valence-electron chi connectivity index (χ0n) is 7.60. The van der Waals surface area contributed by atoms with Crippen molar-refractivity contribution in [1.29, 1.82) is 0 Å². The van der Waals surface area contributed by atoms with Gasteiger partial charge in [0, 0.05) is 6.20 Å². The molecule has 3 N–H and O–H groups in total. The van der Waals surface area contributed by atoms with Crippen molar-refractivity contribution in [3.8, 4) is 0 Å². The first-order valence-corrected chi connectivity index (χ1v) is 4.94. The van der Waals surface area contributed by atoms with Crippen LogP contribution in [0.4, 0.5) is 5.13 Å². The number of aliphatic hydroxyl groups excluding tert-OH is 1. The molecule has 0 aliphatic rings. The molecular formula is C9H10N2O2S. The SMILES string of the molecule is Cc1ccc(C(O)c2cnc(N)s2)o1. The highest BCUT2D eigenvalue weighted by atomic mass is 32.1. The first-order chi connectivity index (χ1) is 6.66. The standard InChI is InChI=1S/C9H10N2O2S/c1-5-2-3-6(13-5)8(12)7-4-11-9(10)14-7/h2-4,8,12H,1H3,(H2,10,11). The van der Waals surface area contributed by atoms with Gasteiger partial charge in [0.2, 0.25) is 0 Å². The number of rotatable bonds is 2. The van der Waals surface area contributed by atoms with Gasteiger partial charge in [0.15, 0.2) is 5.13 Å². The number of furan rings is 1. The Morgan fingerprint density at radius 1 is 1.57 bits per heavy atom. The molecule has 4 nitrogen and oxygen atoms in total. The van der Waals surface area contributed by atoms with Crippen LogP contribution in [0.25, 0.3) is 0 Å². The number of hydrogen-bond acceptors (Lipinski definition) is 5. The molecular weight excluding hydrogens is 200 g/mol. The van der Waals surface area contributed by atoms with Gasteiger partial charge in [-0.15, -0.1) is 0 Å².